The molecule has 1 aromatic rings. The Bertz CT molecular complexity index is 434. The highest BCUT2D eigenvalue weighted by atomic mass is 32.1. The van der Waals surface area contributed by atoms with Crippen molar-refractivity contribution in [3.05, 3.63) is 22.4 Å². The van der Waals surface area contributed by atoms with E-state index in [1.165, 1.54) is 7.11 Å². The Labute approximate surface area is 123 Å². The Morgan fingerprint density at radius 1 is 1.45 bits per heavy atom. The molecule has 2 unspecified atom stereocenters. The summed E-state index contributed by atoms with van der Waals surface area (Å²) >= 11 is 1.62. The van der Waals surface area contributed by atoms with Gasteiger partial charge in [0.25, 0.3) is 0 Å². The fourth-order valence-electron chi connectivity index (χ4n) is 1.95. The number of hydrogen-bond acceptors (Lipinski definition) is 5. The number of hydrogen-bond donors (Lipinski definition) is 1. The van der Waals surface area contributed by atoms with Gasteiger partial charge in [0.1, 0.15) is 0 Å². The molecule has 6 heteroatoms. The molecule has 0 spiro atoms. The normalized spacial score (nSPS) is 13.8. The van der Waals surface area contributed by atoms with Gasteiger partial charge >= 0.3 is 5.97 Å². The zero-order valence-corrected chi connectivity index (χ0v) is 13.2. The molecule has 0 aromatic carbocycles. The molecule has 0 bridgehead atoms. The van der Waals surface area contributed by atoms with E-state index in [-0.39, 0.29) is 30.4 Å². The number of nitrogens with one attached hydrogen (secondary N) is 1. The lowest BCUT2D eigenvalue weighted by Gasteiger charge is -2.20. The van der Waals surface area contributed by atoms with Crippen molar-refractivity contribution >= 4 is 23.2 Å². The fraction of sp³-hybridized carbons (Fsp3) is 0.571. The highest BCUT2D eigenvalue weighted by Crippen LogP contribution is 2.17. The van der Waals surface area contributed by atoms with Crippen LogP contribution in [-0.4, -0.2) is 44.0 Å². The zero-order valence-electron chi connectivity index (χ0n) is 12.4. The maximum atomic E-state index is 11.9. The summed E-state index contributed by atoms with van der Waals surface area (Å²) < 4.78 is 4.67. The van der Waals surface area contributed by atoms with Crippen molar-refractivity contribution in [2.45, 2.75) is 19.9 Å². The van der Waals surface area contributed by atoms with Crippen molar-refractivity contribution in [3.8, 4) is 0 Å². The first-order valence-electron chi connectivity index (χ1n) is 6.53. The van der Waals surface area contributed by atoms with Gasteiger partial charge in [0.15, 0.2) is 0 Å². The summed E-state index contributed by atoms with van der Waals surface area (Å²) in [5.41, 5.74) is 0. The summed E-state index contributed by atoms with van der Waals surface area (Å²) in [6.45, 7) is 4.50. The van der Waals surface area contributed by atoms with Crippen LogP contribution in [0, 0.1) is 5.92 Å². The average molecular weight is 298 g/mol. The molecule has 112 valence electrons. The van der Waals surface area contributed by atoms with E-state index in [1.807, 2.05) is 36.4 Å². The third-order valence-corrected chi connectivity index (χ3v) is 4.01. The van der Waals surface area contributed by atoms with E-state index in [0.717, 1.165) is 4.88 Å². The van der Waals surface area contributed by atoms with Gasteiger partial charge in [-0.05, 0) is 25.4 Å². The number of likely N-dealkylation sites (N-methyl/N-ethyl adjacent to an activating group) is 1. The van der Waals surface area contributed by atoms with Gasteiger partial charge in [-0.3, -0.25) is 14.5 Å². The van der Waals surface area contributed by atoms with Crippen LogP contribution in [0.5, 0.6) is 0 Å². The zero-order chi connectivity index (χ0) is 15.1. The molecule has 0 aliphatic rings. The summed E-state index contributed by atoms with van der Waals surface area (Å²) in [4.78, 5) is 26.2. The van der Waals surface area contributed by atoms with Crippen LogP contribution >= 0.6 is 11.3 Å². The van der Waals surface area contributed by atoms with E-state index in [2.05, 4.69) is 10.1 Å². The van der Waals surface area contributed by atoms with Crippen molar-refractivity contribution in [1.29, 1.82) is 0 Å². The number of nitrogens with zero attached hydrogens (tertiary/aromatic N) is 1. The van der Waals surface area contributed by atoms with Gasteiger partial charge < -0.3 is 10.1 Å². The Morgan fingerprint density at radius 3 is 2.70 bits per heavy atom. The van der Waals surface area contributed by atoms with Crippen LogP contribution in [0.25, 0.3) is 0 Å². The minimum absolute atomic E-state index is 0.00827. The van der Waals surface area contributed by atoms with Crippen molar-refractivity contribution in [2.75, 3.05) is 27.2 Å². The second-order valence-corrected chi connectivity index (χ2v) is 5.90. The molecule has 1 N–H and O–H groups in total. The molecule has 0 fully saturated rings. The average Bonchev–Trinajstić information content (AvgIpc) is 2.90. The van der Waals surface area contributed by atoms with Gasteiger partial charge in [0.05, 0.1) is 25.6 Å². The van der Waals surface area contributed by atoms with E-state index in [1.54, 1.807) is 18.3 Å². The lowest BCUT2D eigenvalue weighted by molar-refractivity contribution is -0.145. The molecule has 1 amide bonds. The number of carbonyl (C=O) groups is 2. The van der Waals surface area contributed by atoms with Crippen LogP contribution in [0.15, 0.2) is 17.5 Å². The summed E-state index contributed by atoms with van der Waals surface area (Å²) in [7, 11) is 3.18. The van der Waals surface area contributed by atoms with Gasteiger partial charge in [-0.2, -0.15) is 0 Å². The summed E-state index contributed by atoms with van der Waals surface area (Å²) in [5.74, 6) is -0.554. The first kappa shape index (κ1) is 16.7. The number of methoxy groups -OCH3 is 1. The Balaban J connectivity index is 2.36. The van der Waals surface area contributed by atoms with Crippen LogP contribution < -0.4 is 5.32 Å². The van der Waals surface area contributed by atoms with Crippen LogP contribution in [0.4, 0.5) is 0 Å². The van der Waals surface area contributed by atoms with Crippen molar-refractivity contribution in [3.63, 3.8) is 0 Å². The molecule has 5 nitrogen and oxygen atoms in total. The standard InChI is InChI=1S/C14H22N2O3S/c1-10(14(18)19-4)8-16(3)9-13(17)15-11(2)12-6-5-7-20-12/h5-7,10-11H,8-9H2,1-4H3,(H,15,17). The third-order valence-electron chi connectivity index (χ3n) is 2.95. The van der Waals surface area contributed by atoms with E-state index in [0.29, 0.717) is 6.54 Å². The van der Waals surface area contributed by atoms with Crippen molar-refractivity contribution < 1.29 is 14.3 Å². The topological polar surface area (TPSA) is 58.6 Å². The molecule has 0 saturated heterocycles. The minimum Gasteiger partial charge on any atom is -0.469 e. The van der Waals surface area contributed by atoms with Crippen LogP contribution in [0.1, 0.15) is 24.8 Å². The van der Waals surface area contributed by atoms with Gasteiger partial charge in [-0.25, -0.2) is 0 Å². The number of carbonyl (C=O) groups excluding carboxylic acids is 2. The molecule has 2 atom stereocenters. The summed E-state index contributed by atoms with van der Waals surface area (Å²) in [5, 5.41) is 4.93. The second kappa shape index (κ2) is 8.01. The monoisotopic (exact) mass is 298 g/mol. The molecule has 0 aliphatic heterocycles. The van der Waals surface area contributed by atoms with Crippen LogP contribution in [0.2, 0.25) is 0 Å². The Hall–Kier alpha value is -1.40. The van der Waals surface area contributed by atoms with E-state index in [9.17, 15) is 9.59 Å². The van der Waals surface area contributed by atoms with E-state index >= 15 is 0 Å². The number of thiophene rings is 1. The molecule has 0 aliphatic carbocycles. The molecular weight excluding hydrogens is 276 g/mol. The maximum Gasteiger partial charge on any atom is 0.309 e. The van der Waals surface area contributed by atoms with Gasteiger partial charge in [-0.1, -0.05) is 13.0 Å². The van der Waals surface area contributed by atoms with E-state index in [4.69, 9.17) is 0 Å². The number of amides is 1. The number of ether oxygens (including phenoxy) is 1. The molecular formula is C14H22N2O3S. The lowest BCUT2D eigenvalue weighted by Crippen LogP contribution is -2.39. The van der Waals surface area contributed by atoms with Gasteiger partial charge in [0, 0.05) is 11.4 Å². The quantitative estimate of drug-likeness (QED) is 0.778. The number of esters is 1. The Morgan fingerprint density at radius 2 is 2.15 bits per heavy atom. The Kier molecular flexibility index (Phi) is 6.67. The predicted octanol–water partition coefficient (Wildman–Crippen LogP) is 1.67. The predicted molar refractivity (Wildman–Crippen MR) is 79.6 cm³/mol. The maximum absolute atomic E-state index is 11.9. The van der Waals surface area contributed by atoms with Gasteiger partial charge in [-0.15, -0.1) is 11.3 Å². The SMILES string of the molecule is COC(=O)C(C)CN(C)CC(=O)NC(C)c1cccs1. The van der Waals surface area contributed by atoms with E-state index < -0.39 is 0 Å². The lowest BCUT2D eigenvalue weighted by atomic mass is 10.2. The smallest absolute Gasteiger partial charge is 0.309 e. The largest absolute Gasteiger partial charge is 0.469 e. The van der Waals surface area contributed by atoms with Crippen LogP contribution in [-0.2, 0) is 14.3 Å². The highest BCUT2D eigenvalue weighted by molar-refractivity contribution is 7.10. The molecule has 20 heavy (non-hydrogen) atoms. The molecule has 1 rings (SSSR count). The first-order chi connectivity index (χ1) is 9.43. The van der Waals surface area contributed by atoms with Gasteiger partial charge in [0.2, 0.25) is 5.91 Å². The first-order valence-corrected chi connectivity index (χ1v) is 7.41. The molecule has 1 heterocycles. The summed E-state index contributed by atoms with van der Waals surface area (Å²) in [6, 6.07) is 3.97. The van der Waals surface area contributed by atoms with Crippen molar-refractivity contribution in [2.24, 2.45) is 5.92 Å². The highest BCUT2D eigenvalue weighted by Gasteiger charge is 2.18. The minimum atomic E-state index is -0.260. The van der Waals surface area contributed by atoms with Crippen LogP contribution in [0.3, 0.4) is 0 Å². The molecule has 0 radical (unpaired) electrons. The third kappa shape index (κ3) is 5.30. The van der Waals surface area contributed by atoms with Crippen molar-refractivity contribution in [1.82, 2.24) is 10.2 Å². The molecule has 0 saturated carbocycles. The summed E-state index contributed by atoms with van der Waals surface area (Å²) in [6.07, 6.45) is 0. The fourth-order valence-corrected chi connectivity index (χ4v) is 2.68. The molecule has 1 aromatic heterocycles. The number of rotatable bonds is 7. The second-order valence-electron chi connectivity index (χ2n) is 4.93.